The molecule has 2 aromatic rings. The molecule has 0 saturated carbocycles. The third kappa shape index (κ3) is 4.10. The van der Waals surface area contributed by atoms with Gasteiger partial charge in [0, 0.05) is 18.0 Å². The number of hydrogen-bond acceptors (Lipinski definition) is 4. The highest BCUT2D eigenvalue weighted by molar-refractivity contribution is 5.93. The molecule has 0 saturated heterocycles. The van der Waals surface area contributed by atoms with Gasteiger partial charge in [-0.15, -0.1) is 13.2 Å². The molecule has 21 heavy (non-hydrogen) atoms. The maximum absolute atomic E-state index is 12.1. The van der Waals surface area contributed by atoms with Crippen LogP contribution in [-0.2, 0) is 0 Å². The van der Waals surface area contributed by atoms with Crippen LogP contribution in [0.2, 0.25) is 0 Å². The molecule has 0 aliphatic heterocycles. The molecule has 110 valence electrons. The first-order chi connectivity index (χ1) is 9.85. The number of ether oxygens (including phenoxy) is 1. The minimum atomic E-state index is -4.80. The molecule has 0 aliphatic rings. The maximum Gasteiger partial charge on any atom is 0.573 e. The number of pyridine rings is 1. The molecule has 0 spiro atoms. The minimum absolute atomic E-state index is 0.0224. The number of aromatic nitrogens is 1. The number of carboxylic acid groups (broad SMARTS) is 1. The van der Waals surface area contributed by atoms with E-state index in [1.165, 1.54) is 30.5 Å². The van der Waals surface area contributed by atoms with E-state index < -0.39 is 18.1 Å². The van der Waals surface area contributed by atoms with Gasteiger partial charge in [-0.05, 0) is 24.3 Å². The van der Waals surface area contributed by atoms with Crippen molar-refractivity contribution in [1.82, 2.24) is 4.98 Å². The van der Waals surface area contributed by atoms with Crippen LogP contribution in [0.5, 0.6) is 5.75 Å². The molecule has 1 aromatic heterocycles. The Bertz CT molecular complexity index is 659. The number of nitrogens with zero attached hydrogens (tertiary/aromatic N) is 1. The Morgan fingerprint density at radius 1 is 1.24 bits per heavy atom. The van der Waals surface area contributed by atoms with Crippen molar-refractivity contribution in [1.29, 1.82) is 0 Å². The third-order valence-electron chi connectivity index (χ3n) is 2.37. The van der Waals surface area contributed by atoms with Crippen LogP contribution in [0.15, 0.2) is 42.6 Å². The molecule has 2 rings (SSSR count). The Morgan fingerprint density at radius 3 is 2.67 bits per heavy atom. The van der Waals surface area contributed by atoms with Gasteiger partial charge < -0.3 is 15.2 Å². The quantitative estimate of drug-likeness (QED) is 0.905. The topological polar surface area (TPSA) is 71.5 Å². The van der Waals surface area contributed by atoms with E-state index in [0.29, 0.717) is 0 Å². The highest BCUT2D eigenvalue weighted by Gasteiger charge is 2.31. The number of carbonyl (C=O) groups is 1. The Labute approximate surface area is 117 Å². The van der Waals surface area contributed by atoms with Gasteiger partial charge in [0.2, 0.25) is 0 Å². The van der Waals surface area contributed by atoms with E-state index in [-0.39, 0.29) is 17.1 Å². The lowest BCUT2D eigenvalue weighted by Crippen LogP contribution is -2.17. The van der Waals surface area contributed by atoms with Crippen molar-refractivity contribution in [2.75, 3.05) is 5.32 Å². The third-order valence-corrected chi connectivity index (χ3v) is 2.37. The first-order valence-electron chi connectivity index (χ1n) is 5.66. The highest BCUT2D eigenvalue weighted by Crippen LogP contribution is 2.26. The summed E-state index contributed by atoms with van der Waals surface area (Å²) in [5.41, 5.74) is 0.123. The van der Waals surface area contributed by atoms with Crippen LogP contribution in [0.25, 0.3) is 0 Å². The summed E-state index contributed by atoms with van der Waals surface area (Å²) in [6.07, 6.45) is -3.43. The van der Waals surface area contributed by atoms with Gasteiger partial charge in [0.15, 0.2) is 0 Å². The number of anilines is 2. The normalized spacial score (nSPS) is 11.0. The smallest absolute Gasteiger partial charge is 0.478 e. The second kappa shape index (κ2) is 5.70. The van der Waals surface area contributed by atoms with Crippen molar-refractivity contribution >= 4 is 17.5 Å². The van der Waals surface area contributed by atoms with Crippen molar-refractivity contribution in [3.8, 4) is 5.75 Å². The summed E-state index contributed by atoms with van der Waals surface area (Å²) in [6.45, 7) is 0. The number of alkyl halides is 3. The van der Waals surface area contributed by atoms with Crippen LogP contribution < -0.4 is 10.1 Å². The van der Waals surface area contributed by atoms with E-state index in [1.807, 2.05) is 0 Å². The van der Waals surface area contributed by atoms with E-state index in [2.05, 4.69) is 15.0 Å². The van der Waals surface area contributed by atoms with Gasteiger partial charge in [-0.2, -0.15) is 0 Å². The van der Waals surface area contributed by atoms with Crippen molar-refractivity contribution in [3.05, 3.63) is 48.2 Å². The first-order valence-corrected chi connectivity index (χ1v) is 5.66. The predicted octanol–water partition coefficient (Wildman–Crippen LogP) is 3.42. The number of nitrogens with one attached hydrogen (secondary N) is 1. The van der Waals surface area contributed by atoms with Crippen LogP contribution in [-0.4, -0.2) is 22.4 Å². The lowest BCUT2D eigenvalue weighted by molar-refractivity contribution is -0.274. The van der Waals surface area contributed by atoms with Crippen molar-refractivity contribution in [3.63, 3.8) is 0 Å². The largest absolute Gasteiger partial charge is 0.573 e. The summed E-state index contributed by atoms with van der Waals surface area (Å²) >= 11 is 0. The number of carboxylic acids is 1. The van der Waals surface area contributed by atoms with Gasteiger partial charge in [-0.25, -0.2) is 9.78 Å². The minimum Gasteiger partial charge on any atom is -0.478 e. The van der Waals surface area contributed by atoms with Crippen LogP contribution >= 0.6 is 0 Å². The summed E-state index contributed by atoms with van der Waals surface area (Å²) in [4.78, 5) is 14.9. The SMILES string of the molecule is O=C(O)c1cccnc1Nc1cccc(OC(F)(F)F)c1. The molecule has 0 bridgehead atoms. The van der Waals surface area contributed by atoms with E-state index in [9.17, 15) is 18.0 Å². The molecule has 0 aliphatic carbocycles. The number of benzene rings is 1. The molecular formula is C13H9F3N2O3. The fourth-order valence-electron chi connectivity index (χ4n) is 1.59. The second-order valence-corrected chi connectivity index (χ2v) is 3.91. The molecule has 1 aromatic carbocycles. The van der Waals surface area contributed by atoms with Crippen molar-refractivity contribution in [2.24, 2.45) is 0 Å². The van der Waals surface area contributed by atoms with Crippen molar-refractivity contribution in [2.45, 2.75) is 6.36 Å². The van der Waals surface area contributed by atoms with Gasteiger partial charge >= 0.3 is 12.3 Å². The van der Waals surface area contributed by atoms with E-state index >= 15 is 0 Å². The molecule has 0 fully saturated rings. The van der Waals surface area contributed by atoms with Gasteiger partial charge in [-0.3, -0.25) is 0 Å². The molecule has 8 heteroatoms. The lowest BCUT2D eigenvalue weighted by Gasteiger charge is -2.11. The fraction of sp³-hybridized carbons (Fsp3) is 0.0769. The zero-order chi connectivity index (χ0) is 15.5. The molecule has 0 atom stereocenters. The van der Waals surface area contributed by atoms with E-state index in [1.54, 1.807) is 0 Å². The molecule has 0 amide bonds. The molecule has 0 unspecified atom stereocenters. The summed E-state index contributed by atoms with van der Waals surface area (Å²) in [6, 6.07) is 7.80. The average Bonchev–Trinajstić information content (AvgIpc) is 2.37. The zero-order valence-corrected chi connectivity index (χ0v) is 10.4. The van der Waals surface area contributed by atoms with Crippen LogP contribution in [0.1, 0.15) is 10.4 Å². The second-order valence-electron chi connectivity index (χ2n) is 3.91. The highest BCUT2D eigenvalue weighted by atomic mass is 19.4. The summed E-state index contributed by atoms with van der Waals surface area (Å²) in [5.74, 6) is -1.59. The number of halogens is 3. The van der Waals surface area contributed by atoms with Crippen LogP contribution in [0.4, 0.5) is 24.7 Å². The average molecular weight is 298 g/mol. The zero-order valence-electron chi connectivity index (χ0n) is 10.4. The van der Waals surface area contributed by atoms with Gasteiger partial charge in [0.1, 0.15) is 17.1 Å². The molecule has 0 radical (unpaired) electrons. The molecule has 2 N–H and O–H groups in total. The Hall–Kier alpha value is -2.77. The molecular weight excluding hydrogens is 289 g/mol. The van der Waals surface area contributed by atoms with Crippen LogP contribution in [0, 0.1) is 0 Å². The molecule has 1 heterocycles. The Kier molecular flexibility index (Phi) is 3.97. The number of rotatable bonds is 4. The van der Waals surface area contributed by atoms with E-state index in [0.717, 1.165) is 12.1 Å². The van der Waals surface area contributed by atoms with Gasteiger partial charge in [-0.1, -0.05) is 6.07 Å². The van der Waals surface area contributed by atoms with Gasteiger partial charge in [0.25, 0.3) is 0 Å². The Morgan fingerprint density at radius 2 is 2.00 bits per heavy atom. The monoisotopic (exact) mass is 298 g/mol. The summed E-state index contributed by atoms with van der Waals surface area (Å²) in [5, 5.41) is 11.6. The van der Waals surface area contributed by atoms with E-state index in [4.69, 9.17) is 5.11 Å². The maximum atomic E-state index is 12.1. The fourth-order valence-corrected chi connectivity index (χ4v) is 1.59. The first kappa shape index (κ1) is 14.6. The predicted molar refractivity (Wildman–Crippen MR) is 67.6 cm³/mol. The standard InChI is InChI=1S/C13H9F3N2O3/c14-13(15,16)21-9-4-1-3-8(7-9)18-11-10(12(19)20)5-2-6-17-11/h1-7H,(H,17,18)(H,19,20). The van der Waals surface area contributed by atoms with Crippen LogP contribution in [0.3, 0.4) is 0 Å². The summed E-state index contributed by atoms with van der Waals surface area (Å²) in [7, 11) is 0. The Balaban J connectivity index is 2.25. The summed E-state index contributed by atoms with van der Waals surface area (Å²) < 4.78 is 40.2. The van der Waals surface area contributed by atoms with Gasteiger partial charge in [0.05, 0.1) is 0 Å². The number of aromatic carboxylic acids is 1. The lowest BCUT2D eigenvalue weighted by atomic mass is 10.2. The van der Waals surface area contributed by atoms with Crippen molar-refractivity contribution < 1.29 is 27.8 Å². The number of hydrogen-bond donors (Lipinski definition) is 2. The molecule has 5 nitrogen and oxygen atoms in total.